The minimum atomic E-state index is -1.11. The molecule has 0 aliphatic heterocycles. The molecule has 0 aromatic carbocycles. The lowest BCUT2D eigenvalue weighted by molar-refractivity contribution is -0.138. The highest BCUT2D eigenvalue weighted by Crippen LogP contribution is 2.12. The predicted octanol–water partition coefficient (Wildman–Crippen LogP) is 2.91. The number of hydrogen-bond acceptors (Lipinski definition) is 6. The maximum atomic E-state index is 10.1. The van der Waals surface area contributed by atoms with E-state index >= 15 is 0 Å². The fourth-order valence-electron chi connectivity index (χ4n) is 2.13. The minimum Gasteiger partial charge on any atom is -0.481 e. The first kappa shape index (κ1) is 33.4. The van der Waals surface area contributed by atoms with Crippen molar-refractivity contribution in [1.29, 1.82) is 0 Å². The van der Waals surface area contributed by atoms with Crippen LogP contribution in [0.3, 0.4) is 0 Å². The summed E-state index contributed by atoms with van der Waals surface area (Å²) in [6.07, 6.45) is 7.96. The third-order valence-corrected chi connectivity index (χ3v) is 4.44. The van der Waals surface area contributed by atoms with Crippen LogP contribution < -0.4 is 0 Å². The standard InChI is InChI=1S/C9H18O2.C8H16O2.C5H12O4/c1-8(2)6-4-3-5-7-9(10)11;1-7(2)5-3-4-6-8(9)10;6-1-5(2-7,3-8)4-9/h8H,3-7H2,1-2H3,(H,10,11);7H,3-6H2,1-2H3,(H,9,10);6-9H,1-4H2. The summed E-state index contributed by atoms with van der Waals surface area (Å²) < 4.78 is 0. The van der Waals surface area contributed by atoms with Gasteiger partial charge in [-0.05, 0) is 24.7 Å². The van der Waals surface area contributed by atoms with Gasteiger partial charge in [-0.25, -0.2) is 0 Å². The van der Waals surface area contributed by atoms with Crippen molar-refractivity contribution in [2.45, 2.75) is 85.5 Å². The van der Waals surface area contributed by atoms with E-state index in [0.29, 0.717) is 18.8 Å². The first-order chi connectivity index (χ1) is 14.0. The van der Waals surface area contributed by atoms with E-state index in [0.717, 1.165) is 38.0 Å². The Morgan fingerprint density at radius 2 is 0.900 bits per heavy atom. The van der Waals surface area contributed by atoms with Crippen molar-refractivity contribution < 1.29 is 40.2 Å². The second-order valence-electron chi connectivity index (χ2n) is 8.55. The normalized spacial score (nSPS) is 10.9. The third-order valence-electron chi connectivity index (χ3n) is 4.44. The molecule has 0 bridgehead atoms. The molecule has 30 heavy (non-hydrogen) atoms. The highest BCUT2D eigenvalue weighted by Gasteiger charge is 2.26. The van der Waals surface area contributed by atoms with Gasteiger partial charge < -0.3 is 30.6 Å². The van der Waals surface area contributed by atoms with Crippen molar-refractivity contribution in [3.8, 4) is 0 Å². The van der Waals surface area contributed by atoms with Gasteiger partial charge in [-0.2, -0.15) is 0 Å². The maximum absolute atomic E-state index is 10.1. The molecule has 0 spiro atoms. The zero-order chi connectivity index (χ0) is 24.0. The van der Waals surface area contributed by atoms with Crippen LogP contribution in [0.25, 0.3) is 0 Å². The number of hydrogen-bond donors (Lipinski definition) is 6. The Balaban J connectivity index is -0.000000366. The molecule has 0 aromatic heterocycles. The maximum Gasteiger partial charge on any atom is 0.303 e. The van der Waals surface area contributed by atoms with Gasteiger partial charge >= 0.3 is 11.9 Å². The van der Waals surface area contributed by atoms with Gasteiger partial charge in [-0.1, -0.05) is 59.8 Å². The highest BCUT2D eigenvalue weighted by atomic mass is 16.4. The van der Waals surface area contributed by atoms with Crippen LogP contribution in [0, 0.1) is 17.3 Å². The molecular weight excluding hydrogens is 392 g/mol. The average molecular weight is 439 g/mol. The smallest absolute Gasteiger partial charge is 0.303 e. The number of carboxylic acid groups (broad SMARTS) is 2. The molecule has 0 rings (SSSR count). The van der Waals surface area contributed by atoms with Crippen LogP contribution in [0.2, 0.25) is 0 Å². The Labute approximate surface area is 182 Å². The molecule has 8 heteroatoms. The van der Waals surface area contributed by atoms with Gasteiger partial charge in [0.15, 0.2) is 0 Å². The lowest BCUT2D eigenvalue weighted by atomic mass is 9.93. The van der Waals surface area contributed by atoms with Gasteiger partial charge in [0.25, 0.3) is 0 Å². The summed E-state index contributed by atoms with van der Waals surface area (Å²) in [7, 11) is 0. The Morgan fingerprint density at radius 1 is 0.600 bits per heavy atom. The quantitative estimate of drug-likeness (QED) is 0.213. The summed E-state index contributed by atoms with van der Waals surface area (Å²) in [5.41, 5.74) is -1.11. The molecule has 0 saturated heterocycles. The second kappa shape index (κ2) is 22.5. The van der Waals surface area contributed by atoms with Gasteiger partial charge in [0, 0.05) is 12.8 Å². The van der Waals surface area contributed by atoms with Gasteiger partial charge in [0.05, 0.1) is 31.8 Å². The van der Waals surface area contributed by atoms with Crippen LogP contribution in [-0.2, 0) is 9.59 Å². The van der Waals surface area contributed by atoms with Gasteiger partial charge in [-0.3, -0.25) is 9.59 Å². The summed E-state index contributed by atoms with van der Waals surface area (Å²) in [6.45, 7) is 7.07. The molecule has 0 fully saturated rings. The zero-order valence-electron chi connectivity index (χ0n) is 19.3. The third kappa shape index (κ3) is 26.8. The molecule has 0 aliphatic carbocycles. The molecule has 8 nitrogen and oxygen atoms in total. The van der Waals surface area contributed by atoms with Crippen LogP contribution in [0.5, 0.6) is 0 Å². The van der Waals surface area contributed by atoms with Crippen LogP contribution in [0.1, 0.15) is 85.5 Å². The highest BCUT2D eigenvalue weighted by molar-refractivity contribution is 5.66. The average Bonchev–Trinajstić information content (AvgIpc) is 2.67. The van der Waals surface area contributed by atoms with Gasteiger partial charge in [0.2, 0.25) is 0 Å². The zero-order valence-corrected chi connectivity index (χ0v) is 19.3. The van der Waals surface area contributed by atoms with Crippen molar-refractivity contribution in [2.24, 2.45) is 17.3 Å². The van der Waals surface area contributed by atoms with Crippen molar-refractivity contribution >= 4 is 11.9 Å². The van der Waals surface area contributed by atoms with E-state index in [4.69, 9.17) is 30.6 Å². The van der Waals surface area contributed by atoms with Crippen LogP contribution in [0.15, 0.2) is 0 Å². The topological polar surface area (TPSA) is 156 Å². The lowest BCUT2D eigenvalue weighted by Gasteiger charge is -2.23. The molecule has 0 unspecified atom stereocenters. The largest absolute Gasteiger partial charge is 0.481 e. The van der Waals surface area contributed by atoms with Crippen molar-refractivity contribution in [3.05, 3.63) is 0 Å². The molecule has 0 aromatic rings. The summed E-state index contributed by atoms with van der Waals surface area (Å²) in [6, 6.07) is 0. The number of unbranched alkanes of at least 4 members (excludes halogenated alkanes) is 3. The number of carbonyl (C=O) groups is 2. The molecule has 0 aliphatic rings. The number of aliphatic hydroxyl groups is 4. The first-order valence-electron chi connectivity index (χ1n) is 10.9. The van der Waals surface area contributed by atoms with E-state index in [1.807, 2.05) is 0 Å². The molecule has 6 N–H and O–H groups in total. The van der Waals surface area contributed by atoms with E-state index < -0.39 is 43.8 Å². The minimum absolute atomic E-state index is 0.326. The summed E-state index contributed by atoms with van der Waals surface area (Å²) in [5, 5.41) is 50.6. The molecule has 182 valence electrons. The molecule has 0 amide bonds. The monoisotopic (exact) mass is 438 g/mol. The van der Waals surface area contributed by atoms with E-state index in [1.54, 1.807) is 0 Å². The number of rotatable bonds is 15. The molecule has 0 atom stereocenters. The molecule has 0 saturated carbocycles. The summed E-state index contributed by atoms with van der Waals surface area (Å²) in [4.78, 5) is 20.1. The molecular formula is C22H46O8. The fraction of sp³-hybridized carbons (Fsp3) is 0.909. The SMILES string of the molecule is CC(C)CCCCC(=O)O.CC(C)CCCCCC(=O)O.OCC(CO)(CO)CO. The molecule has 0 heterocycles. The van der Waals surface area contributed by atoms with E-state index in [-0.39, 0.29) is 0 Å². The van der Waals surface area contributed by atoms with Crippen LogP contribution in [-0.4, -0.2) is 69.0 Å². The first-order valence-corrected chi connectivity index (χ1v) is 10.9. The van der Waals surface area contributed by atoms with E-state index in [2.05, 4.69) is 27.7 Å². The summed E-state index contributed by atoms with van der Waals surface area (Å²) in [5.74, 6) is 0.104. The predicted molar refractivity (Wildman–Crippen MR) is 117 cm³/mol. The lowest BCUT2D eigenvalue weighted by Crippen LogP contribution is -2.37. The Bertz CT molecular complexity index is 375. The summed E-state index contributed by atoms with van der Waals surface area (Å²) >= 11 is 0. The second-order valence-corrected chi connectivity index (χ2v) is 8.55. The number of aliphatic carboxylic acids is 2. The van der Waals surface area contributed by atoms with Crippen molar-refractivity contribution in [2.75, 3.05) is 26.4 Å². The number of aliphatic hydroxyl groups excluding tert-OH is 4. The van der Waals surface area contributed by atoms with Crippen molar-refractivity contribution in [1.82, 2.24) is 0 Å². The van der Waals surface area contributed by atoms with Crippen molar-refractivity contribution in [3.63, 3.8) is 0 Å². The fourth-order valence-corrected chi connectivity index (χ4v) is 2.13. The van der Waals surface area contributed by atoms with Crippen LogP contribution >= 0.6 is 0 Å². The van der Waals surface area contributed by atoms with E-state index in [1.165, 1.54) is 12.8 Å². The Kier molecular flexibility index (Phi) is 25.0. The van der Waals surface area contributed by atoms with Crippen LogP contribution in [0.4, 0.5) is 0 Å². The molecule has 0 radical (unpaired) electrons. The van der Waals surface area contributed by atoms with Gasteiger partial charge in [0.1, 0.15) is 0 Å². The number of carboxylic acids is 2. The Hall–Kier alpha value is -1.22. The Morgan fingerprint density at radius 3 is 1.13 bits per heavy atom. The van der Waals surface area contributed by atoms with Gasteiger partial charge in [-0.15, -0.1) is 0 Å². The van der Waals surface area contributed by atoms with E-state index in [9.17, 15) is 9.59 Å².